The average molecular weight is 412 g/mol. The number of nitrogens with zero attached hydrogens (tertiary/aromatic N) is 1. The van der Waals surface area contributed by atoms with Crippen LogP contribution in [0.2, 0.25) is 5.02 Å². The van der Waals surface area contributed by atoms with E-state index in [9.17, 15) is 9.59 Å². The van der Waals surface area contributed by atoms with Gasteiger partial charge in [0.25, 0.3) is 0 Å². The molecule has 3 amide bonds. The number of carbonyl (C=O) groups excluding carboxylic acids is 2. The van der Waals surface area contributed by atoms with Gasteiger partial charge in [-0.3, -0.25) is 4.79 Å². The van der Waals surface area contributed by atoms with Crippen LogP contribution in [-0.4, -0.2) is 33.3 Å². The van der Waals surface area contributed by atoms with Gasteiger partial charge in [0.1, 0.15) is 17.2 Å². The molecule has 2 aromatic rings. The van der Waals surface area contributed by atoms with Crippen molar-refractivity contribution in [2.75, 3.05) is 31.0 Å². The summed E-state index contributed by atoms with van der Waals surface area (Å²) in [6.07, 6.45) is 0. The van der Waals surface area contributed by atoms with Crippen LogP contribution in [0.15, 0.2) is 30.3 Å². The van der Waals surface area contributed by atoms with Gasteiger partial charge in [0.2, 0.25) is 5.91 Å². The zero-order valence-electron chi connectivity index (χ0n) is 14.8. The van der Waals surface area contributed by atoms with Crippen LogP contribution in [0, 0.1) is 0 Å². The van der Waals surface area contributed by atoms with Gasteiger partial charge in [-0.15, -0.1) is 0 Å². The van der Waals surface area contributed by atoms with Crippen molar-refractivity contribution in [3.8, 4) is 17.2 Å². The Morgan fingerprint density at radius 3 is 2.22 bits per heavy atom. The fraction of sp³-hybridized carbons (Fsp3) is 0.176. The number of anilines is 2. The van der Waals surface area contributed by atoms with E-state index < -0.39 is 11.9 Å². The predicted molar refractivity (Wildman–Crippen MR) is 107 cm³/mol. The molecule has 0 saturated heterocycles. The summed E-state index contributed by atoms with van der Waals surface area (Å²) in [6, 6.07) is 6.79. The Bertz CT molecular complexity index is 878. The van der Waals surface area contributed by atoms with E-state index in [1.807, 2.05) is 0 Å². The molecule has 0 aliphatic carbocycles. The third-order valence-corrected chi connectivity index (χ3v) is 4.29. The molecule has 0 aliphatic heterocycles. The van der Waals surface area contributed by atoms with Gasteiger partial charge < -0.3 is 25.3 Å². The zero-order chi connectivity index (χ0) is 20.1. The number of nitrogens with one attached hydrogen (secondary N) is 1. The molecule has 8 nitrogen and oxygen atoms in total. The maximum atomic E-state index is 12.6. The fourth-order valence-corrected chi connectivity index (χ4v) is 2.70. The number of urea groups is 1. The van der Waals surface area contributed by atoms with Gasteiger partial charge in [0.05, 0.1) is 37.7 Å². The minimum absolute atomic E-state index is 0.237. The lowest BCUT2D eigenvalue weighted by Gasteiger charge is -2.20. The van der Waals surface area contributed by atoms with Crippen molar-refractivity contribution in [3.05, 3.63) is 40.9 Å². The monoisotopic (exact) mass is 411 g/mol. The van der Waals surface area contributed by atoms with Gasteiger partial charge in [-0.2, -0.15) is 0 Å². The molecular weight excluding hydrogens is 394 g/mol. The first-order valence-corrected chi connectivity index (χ1v) is 8.29. The Morgan fingerprint density at radius 2 is 1.67 bits per heavy atom. The molecular formula is C17H18ClN3O5S. The second-order valence-corrected chi connectivity index (χ2v) is 5.99. The van der Waals surface area contributed by atoms with Crippen molar-refractivity contribution in [1.29, 1.82) is 0 Å². The van der Waals surface area contributed by atoms with Gasteiger partial charge in [-0.25, -0.2) is 9.10 Å². The molecule has 2 rings (SSSR count). The number of amides is 3. The predicted octanol–water partition coefficient (Wildman–Crippen LogP) is 3.35. The second-order valence-electron chi connectivity index (χ2n) is 5.18. The summed E-state index contributed by atoms with van der Waals surface area (Å²) in [5, 5.41) is 2.93. The molecule has 0 saturated carbocycles. The number of primary amides is 1. The topological polar surface area (TPSA) is 103 Å². The SMILES string of the molecule is COc1cc(OC)c(NC(=O)N(S)c2ccc(C(N)=O)cc2OC)cc1Cl. The van der Waals surface area contributed by atoms with Crippen LogP contribution in [0.3, 0.4) is 0 Å². The van der Waals surface area contributed by atoms with E-state index in [0.717, 1.165) is 4.31 Å². The van der Waals surface area contributed by atoms with E-state index in [1.54, 1.807) is 6.07 Å². The van der Waals surface area contributed by atoms with E-state index >= 15 is 0 Å². The highest BCUT2D eigenvalue weighted by molar-refractivity contribution is 7.82. The molecule has 0 atom stereocenters. The summed E-state index contributed by atoms with van der Waals surface area (Å²) >= 11 is 10.3. The zero-order valence-corrected chi connectivity index (χ0v) is 16.4. The van der Waals surface area contributed by atoms with Crippen LogP contribution in [0.4, 0.5) is 16.2 Å². The minimum atomic E-state index is -0.618. The fourth-order valence-electron chi connectivity index (χ4n) is 2.24. The van der Waals surface area contributed by atoms with E-state index in [0.29, 0.717) is 27.9 Å². The van der Waals surface area contributed by atoms with Crippen molar-refractivity contribution in [2.45, 2.75) is 0 Å². The van der Waals surface area contributed by atoms with Crippen LogP contribution >= 0.6 is 24.4 Å². The Balaban J connectivity index is 2.31. The number of methoxy groups -OCH3 is 3. The smallest absolute Gasteiger partial charge is 0.336 e. The largest absolute Gasteiger partial charge is 0.495 e. The molecule has 27 heavy (non-hydrogen) atoms. The van der Waals surface area contributed by atoms with Gasteiger partial charge in [0.15, 0.2) is 0 Å². The molecule has 0 spiro atoms. The maximum absolute atomic E-state index is 12.6. The highest BCUT2D eigenvalue weighted by Crippen LogP contribution is 2.37. The van der Waals surface area contributed by atoms with Crippen molar-refractivity contribution in [1.82, 2.24) is 0 Å². The Kier molecular flexibility index (Phi) is 6.65. The van der Waals surface area contributed by atoms with Crippen LogP contribution in [0.5, 0.6) is 17.2 Å². The van der Waals surface area contributed by atoms with Crippen LogP contribution < -0.4 is 29.6 Å². The van der Waals surface area contributed by atoms with Crippen LogP contribution in [-0.2, 0) is 0 Å². The van der Waals surface area contributed by atoms with Crippen molar-refractivity contribution in [2.24, 2.45) is 5.73 Å². The highest BCUT2D eigenvalue weighted by atomic mass is 35.5. The van der Waals surface area contributed by atoms with Gasteiger partial charge >= 0.3 is 6.03 Å². The van der Waals surface area contributed by atoms with Crippen LogP contribution in [0.1, 0.15) is 10.4 Å². The molecule has 0 aliphatic rings. The molecule has 0 radical (unpaired) electrons. The highest BCUT2D eigenvalue weighted by Gasteiger charge is 2.20. The second kappa shape index (κ2) is 8.74. The number of halogens is 1. The quantitative estimate of drug-likeness (QED) is 0.632. The molecule has 0 unspecified atom stereocenters. The minimum Gasteiger partial charge on any atom is -0.495 e. The average Bonchev–Trinajstić information content (AvgIpc) is 2.66. The first-order valence-electron chi connectivity index (χ1n) is 7.51. The van der Waals surface area contributed by atoms with E-state index in [2.05, 4.69) is 18.1 Å². The van der Waals surface area contributed by atoms with Gasteiger partial charge in [-0.1, -0.05) is 24.4 Å². The molecule has 10 heteroatoms. The third-order valence-electron chi connectivity index (χ3n) is 3.60. The molecule has 2 aromatic carbocycles. The van der Waals surface area contributed by atoms with E-state index in [-0.39, 0.29) is 11.3 Å². The Labute approximate surface area is 166 Å². The lowest BCUT2D eigenvalue weighted by atomic mass is 10.2. The number of nitrogens with two attached hydrogens (primary N) is 1. The van der Waals surface area contributed by atoms with E-state index in [1.165, 1.54) is 45.6 Å². The summed E-state index contributed by atoms with van der Waals surface area (Å²) in [7, 11) is 4.31. The number of benzene rings is 2. The number of thiol groups is 1. The number of hydrogen-bond donors (Lipinski definition) is 3. The van der Waals surface area contributed by atoms with Gasteiger partial charge in [0, 0.05) is 11.6 Å². The first kappa shape index (κ1) is 20.5. The lowest BCUT2D eigenvalue weighted by molar-refractivity contribution is 0.1000. The summed E-state index contributed by atoms with van der Waals surface area (Å²) in [5.74, 6) is 0.379. The maximum Gasteiger partial charge on any atom is 0.336 e. The van der Waals surface area contributed by atoms with Gasteiger partial charge in [-0.05, 0) is 24.3 Å². The summed E-state index contributed by atoms with van der Waals surface area (Å²) in [5.41, 5.74) is 6.12. The molecule has 144 valence electrons. The molecule has 0 bridgehead atoms. The summed E-state index contributed by atoms with van der Waals surface area (Å²) in [6.45, 7) is 0. The summed E-state index contributed by atoms with van der Waals surface area (Å²) in [4.78, 5) is 23.9. The Hall–Kier alpha value is -2.78. The van der Waals surface area contributed by atoms with E-state index in [4.69, 9.17) is 31.5 Å². The lowest BCUT2D eigenvalue weighted by Crippen LogP contribution is -2.27. The Morgan fingerprint density at radius 1 is 1.04 bits per heavy atom. The first-order chi connectivity index (χ1) is 12.8. The number of rotatable bonds is 6. The molecule has 0 fully saturated rings. The normalized spacial score (nSPS) is 10.1. The number of ether oxygens (including phenoxy) is 3. The van der Waals surface area contributed by atoms with Crippen LogP contribution in [0.25, 0.3) is 0 Å². The third kappa shape index (κ3) is 4.50. The van der Waals surface area contributed by atoms with Crippen molar-refractivity contribution < 1.29 is 23.8 Å². The number of hydrogen-bond acceptors (Lipinski definition) is 6. The van der Waals surface area contributed by atoms with Crippen molar-refractivity contribution in [3.63, 3.8) is 0 Å². The molecule has 0 aromatic heterocycles. The number of carbonyl (C=O) groups is 2. The standard InChI is InChI=1S/C17H18ClN3O5S/c1-24-13-8-14(25-2)11(7-10(13)18)20-17(23)21(27)12-5-4-9(16(19)22)6-15(12)26-3/h4-8,27H,1-3H3,(H2,19,22)(H,20,23). The van der Waals surface area contributed by atoms with Crippen molar-refractivity contribution >= 4 is 47.7 Å². The molecule has 3 N–H and O–H groups in total. The summed E-state index contributed by atoms with van der Waals surface area (Å²) < 4.78 is 16.6. The molecule has 0 heterocycles.